The Morgan fingerprint density at radius 3 is 3.00 bits per heavy atom. The Kier molecular flexibility index (Phi) is 1.69. The molecule has 1 heterocycles. The third-order valence-corrected chi connectivity index (χ3v) is 0.995. The summed E-state index contributed by atoms with van der Waals surface area (Å²) in [6.45, 7) is 1.70. The molecule has 0 bridgehead atoms. The largest absolute Gasteiger partial charge is 0.442 e. The molecule has 1 unspecified atom stereocenters. The molecule has 0 fully saturated rings. The van der Waals surface area contributed by atoms with Gasteiger partial charge in [0.1, 0.15) is 11.8 Å². The minimum Gasteiger partial charge on any atom is -0.442 e. The van der Waals surface area contributed by atoms with Crippen molar-refractivity contribution >= 4 is 0 Å². The van der Waals surface area contributed by atoms with E-state index in [1.807, 2.05) is 0 Å². The molecule has 0 saturated heterocycles. The first kappa shape index (κ1) is 6.78. The fourth-order valence-corrected chi connectivity index (χ4v) is 0.554. The third kappa shape index (κ3) is 1.14. The fraction of sp³-hybridized carbons (Fsp3) is 0.333. The van der Waals surface area contributed by atoms with Crippen molar-refractivity contribution < 1.29 is 9.52 Å². The highest BCUT2D eigenvalue weighted by Crippen LogP contribution is 2.10. The van der Waals surface area contributed by atoms with E-state index >= 15 is 0 Å². The standard InChI is InChI=1S/C6H6N2O2/c1-4-3-8-6(10-4)5(9)2-7/h3,5,9H,1H3. The number of nitrogens with zero attached hydrogens (tertiary/aromatic N) is 2. The summed E-state index contributed by atoms with van der Waals surface area (Å²) >= 11 is 0. The number of hydrogen-bond donors (Lipinski definition) is 1. The Hall–Kier alpha value is -1.34. The van der Waals surface area contributed by atoms with Crippen molar-refractivity contribution in [1.82, 2.24) is 4.98 Å². The molecule has 0 aliphatic rings. The number of aliphatic hydroxyl groups is 1. The number of aliphatic hydroxyl groups excluding tert-OH is 1. The monoisotopic (exact) mass is 138 g/mol. The van der Waals surface area contributed by atoms with Gasteiger partial charge in [-0.3, -0.25) is 0 Å². The summed E-state index contributed by atoms with van der Waals surface area (Å²) in [7, 11) is 0. The Balaban J connectivity index is 2.87. The Labute approximate surface area is 57.7 Å². The highest BCUT2D eigenvalue weighted by atomic mass is 16.4. The lowest BCUT2D eigenvalue weighted by Gasteiger charge is -1.90. The van der Waals surface area contributed by atoms with E-state index in [0.717, 1.165) is 0 Å². The van der Waals surface area contributed by atoms with Crippen molar-refractivity contribution in [1.29, 1.82) is 5.26 Å². The Bertz CT molecular complexity index is 261. The van der Waals surface area contributed by atoms with Crippen molar-refractivity contribution in [2.45, 2.75) is 13.0 Å². The van der Waals surface area contributed by atoms with Crippen LogP contribution in [0.1, 0.15) is 17.8 Å². The van der Waals surface area contributed by atoms with Crippen LogP contribution in [0.15, 0.2) is 10.6 Å². The second-order valence-electron chi connectivity index (χ2n) is 1.84. The molecular weight excluding hydrogens is 132 g/mol. The predicted octanol–water partition coefficient (Wildman–Crippen LogP) is 0.540. The van der Waals surface area contributed by atoms with Crippen molar-refractivity contribution in [3.8, 4) is 6.07 Å². The van der Waals surface area contributed by atoms with Crippen molar-refractivity contribution in [2.24, 2.45) is 0 Å². The number of rotatable bonds is 1. The predicted molar refractivity (Wildman–Crippen MR) is 31.8 cm³/mol. The molecule has 0 aromatic carbocycles. The maximum absolute atomic E-state index is 8.83. The topological polar surface area (TPSA) is 70.1 Å². The van der Waals surface area contributed by atoms with Crippen LogP contribution in [0, 0.1) is 18.3 Å². The average molecular weight is 138 g/mol. The summed E-state index contributed by atoms with van der Waals surface area (Å²) in [5.74, 6) is 0.643. The van der Waals surface area contributed by atoms with Crippen LogP contribution >= 0.6 is 0 Å². The van der Waals surface area contributed by atoms with E-state index in [2.05, 4.69) is 4.98 Å². The molecule has 4 nitrogen and oxygen atoms in total. The molecule has 0 aliphatic carbocycles. The summed E-state index contributed by atoms with van der Waals surface area (Å²) in [4.78, 5) is 3.65. The number of aryl methyl sites for hydroxylation is 1. The summed E-state index contributed by atoms with van der Waals surface area (Å²) < 4.78 is 4.85. The molecule has 52 valence electrons. The second kappa shape index (κ2) is 2.50. The quantitative estimate of drug-likeness (QED) is 0.575. The molecule has 0 radical (unpaired) electrons. The SMILES string of the molecule is Cc1cnc(C(O)C#N)o1. The van der Waals surface area contributed by atoms with Crippen LogP contribution in [0.5, 0.6) is 0 Å². The van der Waals surface area contributed by atoms with Crippen molar-refractivity contribution in [3.05, 3.63) is 17.8 Å². The van der Waals surface area contributed by atoms with E-state index in [9.17, 15) is 0 Å². The van der Waals surface area contributed by atoms with E-state index in [1.165, 1.54) is 6.20 Å². The smallest absolute Gasteiger partial charge is 0.238 e. The molecule has 1 aromatic rings. The molecule has 0 spiro atoms. The molecule has 1 rings (SSSR count). The van der Waals surface area contributed by atoms with Crippen molar-refractivity contribution in [3.63, 3.8) is 0 Å². The lowest BCUT2D eigenvalue weighted by atomic mass is 10.4. The zero-order valence-corrected chi connectivity index (χ0v) is 5.40. The normalized spacial score (nSPS) is 12.5. The minimum absolute atomic E-state index is 0.0556. The molecule has 4 heteroatoms. The van der Waals surface area contributed by atoms with Crippen LogP contribution in [0.2, 0.25) is 0 Å². The van der Waals surface area contributed by atoms with E-state index in [1.54, 1.807) is 13.0 Å². The average Bonchev–Trinajstić information content (AvgIpc) is 2.34. The number of hydrogen-bond acceptors (Lipinski definition) is 4. The lowest BCUT2D eigenvalue weighted by molar-refractivity contribution is 0.195. The van der Waals surface area contributed by atoms with Crippen molar-refractivity contribution in [2.75, 3.05) is 0 Å². The van der Waals surface area contributed by atoms with Crippen LogP contribution in [0.3, 0.4) is 0 Å². The van der Waals surface area contributed by atoms with Crippen LogP contribution in [-0.4, -0.2) is 10.1 Å². The minimum atomic E-state index is -1.24. The highest BCUT2D eigenvalue weighted by molar-refractivity contribution is 5.01. The van der Waals surface area contributed by atoms with Gasteiger partial charge in [0.2, 0.25) is 12.0 Å². The van der Waals surface area contributed by atoms with Crippen LogP contribution in [-0.2, 0) is 0 Å². The fourth-order valence-electron chi connectivity index (χ4n) is 0.554. The molecule has 1 atom stereocenters. The van der Waals surface area contributed by atoms with Gasteiger partial charge in [-0.2, -0.15) is 5.26 Å². The van der Waals surface area contributed by atoms with Gasteiger partial charge >= 0.3 is 0 Å². The van der Waals surface area contributed by atoms with Gasteiger partial charge in [-0.1, -0.05) is 0 Å². The van der Waals surface area contributed by atoms with E-state index in [4.69, 9.17) is 14.8 Å². The molecule has 1 aromatic heterocycles. The maximum atomic E-state index is 8.83. The van der Waals surface area contributed by atoms with Crippen LogP contribution in [0.4, 0.5) is 0 Å². The maximum Gasteiger partial charge on any atom is 0.238 e. The second-order valence-corrected chi connectivity index (χ2v) is 1.84. The van der Waals surface area contributed by atoms with Gasteiger partial charge in [-0.15, -0.1) is 0 Å². The zero-order valence-electron chi connectivity index (χ0n) is 5.40. The van der Waals surface area contributed by atoms with Crippen LogP contribution < -0.4 is 0 Å². The first-order valence-electron chi connectivity index (χ1n) is 2.74. The van der Waals surface area contributed by atoms with Gasteiger partial charge in [-0.25, -0.2) is 4.98 Å². The molecule has 0 amide bonds. The third-order valence-electron chi connectivity index (χ3n) is 0.995. The van der Waals surface area contributed by atoms with E-state index < -0.39 is 6.10 Å². The molecular formula is C6H6N2O2. The van der Waals surface area contributed by atoms with Gasteiger partial charge in [0.15, 0.2) is 0 Å². The first-order chi connectivity index (χ1) is 4.74. The van der Waals surface area contributed by atoms with Gasteiger partial charge in [0.25, 0.3) is 0 Å². The highest BCUT2D eigenvalue weighted by Gasteiger charge is 2.10. The van der Waals surface area contributed by atoms with Gasteiger partial charge in [0.05, 0.1) is 6.20 Å². The summed E-state index contributed by atoms with van der Waals surface area (Å²) in [5, 5.41) is 17.0. The number of oxazole rings is 1. The van der Waals surface area contributed by atoms with Crippen LogP contribution in [0.25, 0.3) is 0 Å². The summed E-state index contributed by atoms with van der Waals surface area (Å²) in [6.07, 6.45) is 0.212. The summed E-state index contributed by atoms with van der Waals surface area (Å²) in [5.41, 5.74) is 0. The Morgan fingerprint density at radius 2 is 2.60 bits per heavy atom. The van der Waals surface area contributed by atoms with Gasteiger partial charge in [-0.05, 0) is 6.92 Å². The first-order valence-corrected chi connectivity index (χ1v) is 2.74. The lowest BCUT2D eigenvalue weighted by Crippen LogP contribution is -1.91. The Morgan fingerprint density at radius 1 is 1.90 bits per heavy atom. The molecule has 1 N–H and O–H groups in total. The number of nitriles is 1. The number of aromatic nitrogens is 1. The van der Waals surface area contributed by atoms with Gasteiger partial charge in [0, 0.05) is 0 Å². The van der Waals surface area contributed by atoms with E-state index in [0.29, 0.717) is 5.76 Å². The molecule has 0 aliphatic heterocycles. The molecule has 0 saturated carbocycles. The zero-order chi connectivity index (χ0) is 7.56. The van der Waals surface area contributed by atoms with E-state index in [-0.39, 0.29) is 5.89 Å². The van der Waals surface area contributed by atoms with Gasteiger partial charge < -0.3 is 9.52 Å². The molecule has 10 heavy (non-hydrogen) atoms. The summed E-state index contributed by atoms with van der Waals surface area (Å²) in [6, 6.07) is 1.59.